The van der Waals surface area contributed by atoms with E-state index in [2.05, 4.69) is 51.0 Å². The summed E-state index contributed by atoms with van der Waals surface area (Å²) in [6.07, 6.45) is 6.14. The maximum atomic E-state index is 13.7. The molecular formula is C31H46F2N6O. The van der Waals surface area contributed by atoms with E-state index in [0.717, 1.165) is 49.4 Å². The molecule has 1 aromatic heterocycles. The summed E-state index contributed by atoms with van der Waals surface area (Å²) in [5.74, 6) is -0.684. The minimum absolute atomic E-state index is 0.0370. The van der Waals surface area contributed by atoms with Crippen LogP contribution in [0.15, 0.2) is 30.3 Å². The maximum Gasteiger partial charge on any atom is 0.248 e. The number of alkyl halides is 2. The molecule has 3 aliphatic rings. The Morgan fingerprint density at radius 3 is 2.27 bits per heavy atom. The van der Waals surface area contributed by atoms with Gasteiger partial charge in [0.2, 0.25) is 11.8 Å². The standard InChI is InChI=1S/C31H46F2N6O/c1-20(2)29-37-36-28(17-21(3)34)39(29)26-18-24-9-10-25(19-26)38(24)16-13-27(22-7-5-4-6-8-22)35-30(40)23-11-14-31(32,33)15-12-23/h4-8,20-21,23-27H,9-19,34H2,1-3H3,(H,35,40)/t21?,24?,25?,26?,27-/m0/s1. The molecule has 2 bridgehead atoms. The molecule has 1 aliphatic carbocycles. The Morgan fingerprint density at radius 1 is 1.02 bits per heavy atom. The highest BCUT2D eigenvalue weighted by Gasteiger charge is 2.43. The van der Waals surface area contributed by atoms with E-state index in [-0.39, 0.29) is 49.6 Å². The number of aromatic nitrogens is 3. The number of nitrogens with zero attached hydrogens (tertiary/aromatic N) is 4. The number of hydrogen-bond donors (Lipinski definition) is 2. The van der Waals surface area contributed by atoms with Gasteiger partial charge in [-0.3, -0.25) is 9.69 Å². The molecule has 3 N–H and O–H groups in total. The molecule has 5 rings (SSSR count). The smallest absolute Gasteiger partial charge is 0.248 e. The number of carbonyl (C=O) groups is 1. The minimum atomic E-state index is -2.63. The first-order valence-corrected chi connectivity index (χ1v) is 15.3. The maximum absolute atomic E-state index is 13.7. The van der Waals surface area contributed by atoms with Crippen molar-refractivity contribution in [2.75, 3.05) is 6.54 Å². The van der Waals surface area contributed by atoms with Gasteiger partial charge in [0.05, 0.1) is 6.04 Å². The van der Waals surface area contributed by atoms with E-state index in [0.29, 0.717) is 24.0 Å². The van der Waals surface area contributed by atoms with Gasteiger partial charge in [-0.1, -0.05) is 44.2 Å². The summed E-state index contributed by atoms with van der Waals surface area (Å²) in [5.41, 5.74) is 7.23. The third kappa shape index (κ3) is 6.56. The van der Waals surface area contributed by atoms with Crippen LogP contribution in [0.4, 0.5) is 8.78 Å². The van der Waals surface area contributed by atoms with E-state index in [9.17, 15) is 13.6 Å². The van der Waals surface area contributed by atoms with Crippen molar-refractivity contribution in [2.45, 2.75) is 127 Å². The number of amides is 1. The zero-order valence-corrected chi connectivity index (χ0v) is 24.2. The average Bonchev–Trinajstić information content (AvgIpc) is 3.43. The summed E-state index contributed by atoms with van der Waals surface area (Å²) in [7, 11) is 0. The van der Waals surface area contributed by atoms with Crippen LogP contribution in [0, 0.1) is 5.92 Å². The highest BCUT2D eigenvalue weighted by atomic mass is 19.3. The van der Waals surface area contributed by atoms with Crippen molar-refractivity contribution in [2.24, 2.45) is 11.7 Å². The summed E-state index contributed by atoms with van der Waals surface area (Å²) in [6.45, 7) is 7.27. The Balaban J connectivity index is 1.26. The monoisotopic (exact) mass is 556 g/mol. The Bertz CT molecular complexity index is 1110. The van der Waals surface area contributed by atoms with Crippen LogP contribution in [0.2, 0.25) is 0 Å². The zero-order valence-electron chi connectivity index (χ0n) is 24.2. The molecule has 220 valence electrons. The van der Waals surface area contributed by atoms with Gasteiger partial charge in [0.25, 0.3) is 0 Å². The van der Waals surface area contributed by atoms with E-state index >= 15 is 0 Å². The van der Waals surface area contributed by atoms with Crippen molar-refractivity contribution in [3.05, 3.63) is 47.5 Å². The Labute approximate surface area is 237 Å². The van der Waals surface area contributed by atoms with Crippen LogP contribution >= 0.6 is 0 Å². The first kappa shape index (κ1) is 29.1. The van der Waals surface area contributed by atoms with Gasteiger partial charge in [0.1, 0.15) is 11.6 Å². The van der Waals surface area contributed by atoms with Crippen LogP contribution in [0.5, 0.6) is 0 Å². The Morgan fingerprint density at radius 2 is 1.68 bits per heavy atom. The highest BCUT2D eigenvalue weighted by molar-refractivity contribution is 5.79. The molecule has 2 aromatic rings. The van der Waals surface area contributed by atoms with Crippen LogP contribution in [-0.2, 0) is 11.2 Å². The van der Waals surface area contributed by atoms with Crippen LogP contribution in [0.3, 0.4) is 0 Å². The lowest BCUT2D eigenvalue weighted by atomic mass is 9.86. The van der Waals surface area contributed by atoms with Crippen molar-refractivity contribution >= 4 is 5.91 Å². The molecule has 0 radical (unpaired) electrons. The first-order valence-electron chi connectivity index (χ1n) is 15.3. The normalized spacial score (nSPS) is 26.6. The van der Waals surface area contributed by atoms with Gasteiger partial charge in [-0.05, 0) is 57.4 Å². The van der Waals surface area contributed by atoms with E-state index in [1.165, 1.54) is 12.8 Å². The predicted molar refractivity (Wildman–Crippen MR) is 152 cm³/mol. The molecule has 1 saturated carbocycles. The molecule has 7 nitrogen and oxygen atoms in total. The quantitative estimate of drug-likeness (QED) is 0.402. The van der Waals surface area contributed by atoms with Crippen molar-refractivity contribution < 1.29 is 13.6 Å². The molecule has 2 saturated heterocycles. The number of halogens is 2. The molecule has 4 atom stereocenters. The zero-order chi connectivity index (χ0) is 28.4. The Kier molecular flexibility index (Phi) is 8.90. The predicted octanol–water partition coefficient (Wildman–Crippen LogP) is 5.53. The summed E-state index contributed by atoms with van der Waals surface area (Å²) in [4.78, 5) is 15.8. The number of nitrogens with two attached hydrogens (primary N) is 1. The molecule has 2 aliphatic heterocycles. The van der Waals surface area contributed by atoms with Crippen LogP contribution < -0.4 is 11.1 Å². The average molecular weight is 557 g/mol. The van der Waals surface area contributed by atoms with Gasteiger partial charge >= 0.3 is 0 Å². The number of piperidine rings is 1. The molecule has 40 heavy (non-hydrogen) atoms. The topological polar surface area (TPSA) is 89.1 Å². The van der Waals surface area contributed by atoms with Crippen molar-refractivity contribution in [1.29, 1.82) is 0 Å². The SMILES string of the molecule is CC(N)Cc1nnc(C(C)C)n1C1CC2CCC(C1)N2CC[C@H](NC(=O)C1CCC(F)(F)CC1)c1ccccc1. The van der Waals surface area contributed by atoms with Crippen LogP contribution in [0.25, 0.3) is 0 Å². The van der Waals surface area contributed by atoms with Crippen LogP contribution in [0.1, 0.15) is 114 Å². The lowest BCUT2D eigenvalue weighted by molar-refractivity contribution is -0.130. The molecule has 0 spiro atoms. The second-order valence-corrected chi connectivity index (χ2v) is 12.8. The molecule has 1 amide bonds. The number of fused-ring (bicyclic) bond motifs is 2. The number of hydrogen-bond acceptors (Lipinski definition) is 5. The number of carbonyl (C=O) groups excluding carboxylic acids is 1. The number of benzene rings is 1. The van der Waals surface area contributed by atoms with Gasteiger partial charge < -0.3 is 15.6 Å². The van der Waals surface area contributed by atoms with E-state index in [1.807, 2.05) is 25.1 Å². The third-order valence-corrected chi connectivity index (χ3v) is 9.32. The fourth-order valence-corrected chi connectivity index (χ4v) is 7.26. The van der Waals surface area contributed by atoms with Crippen LogP contribution in [-0.4, -0.2) is 56.2 Å². The van der Waals surface area contributed by atoms with Crippen molar-refractivity contribution in [1.82, 2.24) is 25.0 Å². The molecule has 9 heteroatoms. The molecule has 1 aromatic carbocycles. The highest BCUT2D eigenvalue weighted by Crippen LogP contribution is 2.43. The molecule has 3 unspecified atom stereocenters. The number of nitrogens with one attached hydrogen (secondary N) is 1. The van der Waals surface area contributed by atoms with Gasteiger partial charge in [-0.15, -0.1) is 10.2 Å². The Hall–Kier alpha value is -2.39. The fraction of sp³-hybridized carbons (Fsp3) is 0.710. The summed E-state index contributed by atoms with van der Waals surface area (Å²) in [6, 6.07) is 11.3. The van der Waals surface area contributed by atoms with Gasteiger partial charge in [-0.2, -0.15) is 0 Å². The van der Waals surface area contributed by atoms with E-state index < -0.39 is 5.92 Å². The van der Waals surface area contributed by atoms with Gasteiger partial charge in [0.15, 0.2) is 0 Å². The molecule has 3 heterocycles. The second kappa shape index (κ2) is 12.2. The largest absolute Gasteiger partial charge is 0.349 e. The third-order valence-electron chi connectivity index (χ3n) is 9.32. The minimum Gasteiger partial charge on any atom is -0.349 e. The van der Waals surface area contributed by atoms with Gasteiger partial charge in [0, 0.05) is 61.8 Å². The second-order valence-electron chi connectivity index (χ2n) is 12.8. The lowest BCUT2D eigenvalue weighted by Gasteiger charge is -2.41. The van der Waals surface area contributed by atoms with Crippen molar-refractivity contribution in [3.8, 4) is 0 Å². The lowest BCUT2D eigenvalue weighted by Crippen LogP contribution is -2.45. The number of rotatable bonds is 10. The molecular weight excluding hydrogens is 510 g/mol. The first-order chi connectivity index (χ1) is 19.1. The van der Waals surface area contributed by atoms with E-state index in [4.69, 9.17) is 5.73 Å². The summed E-state index contributed by atoms with van der Waals surface area (Å²) >= 11 is 0. The van der Waals surface area contributed by atoms with E-state index in [1.54, 1.807) is 0 Å². The fourth-order valence-electron chi connectivity index (χ4n) is 7.26. The van der Waals surface area contributed by atoms with Gasteiger partial charge in [-0.25, -0.2) is 8.78 Å². The van der Waals surface area contributed by atoms with Crippen molar-refractivity contribution in [3.63, 3.8) is 0 Å². The summed E-state index contributed by atoms with van der Waals surface area (Å²) in [5, 5.41) is 12.4. The molecule has 3 fully saturated rings. The summed E-state index contributed by atoms with van der Waals surface area (Å²) < 4.78 is 29.8.